The number of aromatic nitrogens is 2. The molecule has 0 unspecified atom stereocenters. The van der Waals surface area contributed by atoms with E-state index in [1.54, 1.807) is 0 Å². The zero-order chi connectivity index (χ0) is 13.0. The SMILES string of the molecule is CCCNc1cc(C)nc(-c2ccccc2Br)n1. The predicted octanol–water partition coefficient (Wildman–Crippen LogP) is 4.04. The van der Waals surface area contributed by atoms with E-state index in [0.717, 1.165) is 40.3 Å². The third-order valence-corrected chi connectivity index (χ3v) is 3.22. The molecule has 1 N–H and O–H groups in total. The first-order valence-electron chi connectivity index (χ1n) is 6.05. The van der Waals surface area contributed by atoms with Gasteiger partial charge < -0.3 is 5.32 Å². The van der Waals surface area contributed by atoms with Crippen molar-refractivity contribution >= 4 is 21.7 Å². The quantitative estimate of drug-likeness (QED) is 0.926. The van der Waals surface area contributed by atoms with E-state index in [-0.39, 0.29) is 0 Å². The summed E-state index contributed by atoms with van der Waals surface area (Å²) in [5.74, 6) is 1.64. The maximum atomic E-state index is 4.55. The lowest BCUT2D eigenvalue weighted by Gasteiger charge is -2.08. The van der Waals surface area contributed by atoms with Crippen LogP contribution in [0, 0.1) is 6.92 Å². The Balaban J connectivity index is 2.39. The van der Waals surface area contributed by atoms with Gasteiger partial charge in [-0.2, -0.15) is 0 Å². The minimum Gasteiger partial charge on any atom is -0.370 e. The van der Waals surface area contributed by atoms with Gasteiger partial charge in [-0.1, -0.05) is 41.1 Å². The van der Waals surface area contributed by atoms with E-state index in [4.69, 9.17) is 0 Å². The Hall–Kier alpha value is -1.42. The van der Waals surface area contributed by atoms with Crippen molar-refractivity contribution in [3.05, 3.63) is 40.5 Å². The molecule has 0 saturated heterocycles. The van der Waals surface area contributed by atoms with Crippen molar-refractivity contribution in [3.8, 4) is 11.4 Å². The van der Waals surface area contributed by atoms with Crippen LogP contribution in [0.4, 0.5) is 5.82 Å². The minimum atomic E-state index is 0.751. The van der Waals surface area contributed by atoms with Gasteiger partial charge >= 0.3 is 0 Å². The second-order valence-electron chi connectivity index (χ2n) is 4.12. The average Bonchev–Trinajstić information content (AvgIpc) is 2.36. The highest BCUT2D eigenvalue weighted by Crippen LogP contribution is 2.26. The second-order valence-corrected chi connectivity index (χ2v) is 4.98. The summed E-state index contributed by atoms with van der Waals surface area (Å²) in [6, 6.07) is 9.96. The van der Waals surface area contributed by atoms with Crippen LogP contribution >= 0.6 is 15.9 Å². The lowest BCUT2D eigenvalue weighted by atomic mass is 10.2. The predicted molar refractivity (Wildman–Crippen MR) is 78.7 cm³/mol. The van der Waals surface area contributed by atoms with Gasteiger partial charge in [0.05, 0.1) is 0 Å². The fourth-order valence-electron chi connectivity index (χ4n) is 1.68. The molecule has 94 valence electrons. The number of hydrogen-bond donors (Lipinski definition) is 1. The van der Waals surface area contributed by atoms with Crippen LogP contribution in [0.2, 0.25) is 0 Å². The molecule has 1 aromatic carbocycles. The van der Waals surface area contributed by atoms with Crippen LogP contribution in [0.1, 0.15) is 19.0 Å². The smallest absolute Gasteiger partial charge is 0.162 e. The van der Waals surface area contributed by atoms with Gasteiger partial charge in [0.2, 0.25) is 0 Å². The monoisotopic (exact) mass is 305 g/mol. The fraction of sp³-hybridized carbons (Fsp3) is 0.286. The highest BCUT2D eigenvalue weighted by Gasteiger charge is 2.07. The van der Waals surface area contributed by atoms with E-state index in [2.05, 4.69) is 38.1 Å². The Bertz CT molecular complexity index is 540. The third-order valence-electron chi connectivity index (χ3n) is 2.53. The van der Waals surface area contributed by atoms with Crippen LogP contribution in [0.5, 0.6) is 0 Å². The van der Waals surface area contributed by atoms with Crippen LogP contribution in [-0.2, 0) is 0 Å². The lowest BCUT2D eigenvalue weighted by molar-refractivity contribution is 0.962. The molecular weight excluding hydrogens is 290 g/mol. The number of benzene rings is 1. The van der Waals surface area contributed by atoms with E-state index in [1.807, 2.05) is 37.3 Å². The van der Waals surface area contributed by atoms with E-state index < -0.39 is 0 Å². The molecule has 0 aliphatic carbocycles. The van der Waals surface area contributed by atoms with Crippen LogP contribution in [-0.4, -0.2) is 16.5 Å². The van der Waals surface area contributed by atoms with Crippen molar-refractivity contribution in [2.24, 2.45) is 0 Å². The zero-order valence-corrected chi connectivity index (χ0v) is 12.2. The first kappa shape index (κ1) is 13.0. The molecule has 0 spiro atoms. The fourth-order valence-corrected chi connectivity index (χ4v) is 2.14. The molecule has 2 rings (SSSR count). The summed E-state index contributed by atoms with van der Waals surface area (Å²) in [6.45, 7) is 5.04. The molecule has 2 aromatic rings. The van der Waals surface area contributed by atoms with Crippen molar-refractivity contribution in [3.63, 3.8) is 0 Å². The van der Waals surface area contributed by atoms with Gasteiger partial charge in [0, 0.05) is 28.3 Å². The van der Waals surface area contributed by atoms with Gasteiger partial charge in [-0.05, 0) is 19.4 Å². The van der Waals surface area contributed by atoms with Gasteiger partial charge in [-0.15, -0.1) is 0 Å². The van der Waals surface area contributed by atoms with Gasteiger partial charge in [-0.3, -0.25) is 0 Å². The van der Waals surface area contributed by atoms with E-state index in [9.17, 15) is 0 Å². The van der Waals surface area contributed by atoms with Gasteiger partial charge in [-0.25, -0.2) is 9.97 Å². The van der Waals surface area contributed by atoms with Crippen molar-refractivity contribution in [2.75, 3.05) is 11.9 Å². The van der Waals surface area contributed by atoms with Crippen molar-refractivity contribution < 1.29 is 0 Å². The van der Waals surface area contributed by atoms with E-state index in [0.29, 0.717) is 0 Å². The summed E-state index contributed by atoms with van der Waals surface area (Å²) in [5, 5.41) is 3.30. The Morgan fingerprint density at radius 2 is 2.00 bits per heavy atom. The van der Waals surface area contributed by atoms with Crippen molar-refractivity contribution in [2.45, 2.75) is 20.3 Å². The Morgan fingerprint density at radius 3 is 2.72 bits per heavy atom. The van der Waals surface area contributed by atoms with Crippen LogP contribution < -0.4 is 5.32 Å². The summed E-state index contributed by atoms with van der Waals surface area (Å²) in [7, 11) is 0. The molecular formula is C14H16BrN3. The number of aryl methyl sites for hydroxylation is 1. The van der Waals surface area contributed by atoms with E-state index in [1.165, 1.54) is 0 Å². The molecule has 18 heavy (non-hydrogen) atoms. The molecule has 3 nitrogen and oxygen atoms in total. The Morgan fingerprint density at radius 1 is 1.22 bits per heavy atom. The van der Waals surface area contributed by atoms with Crippen LogP contribution in [0.3, 0.4) is 0 Å². The van der Waals surface area contributed by atoms with Crippen LogP contribution in [0.15, 0.2) is 34.8 Å². The zero-order valence-electron chi connectivity index (χ0n) is 10.6. The summed E-state index contributed by atoms with van der Waals surface area (Å²) in [5.41, 5.74) is 1.98. The summed E-state index contributed by atoms with van der Waals surface area (Å²) >= 11 is 3.53. The molecule has 0 radical (unpaired) electrons. The minimum absolute atomic E-state index is 0.751. The molecule has 0 aliphatic heterocycles. The number of nitrogens with one attached hydrogen (secondary N) is 1. The summed E-state index contributed by atoms with van der Waals surface area (Å²) in [4.78, 5) is 9.04. The Kier molecular flexibility index (Phi) is 4.31. The highest BCUT2D eigenvalue weighted by molar-refractivity contribution is 9.10. The first-order chi connectivity index (χ1) is 8.70. The number of halogens is 1. The maximum Gasteiger partial charge on any atom is 0.162 e. The molecule has 0 amide bonds. The largest absolute Gasteiger partial charge is 0.370 e. The molecule has 1 heterocycles. The molecule has 0 saturated carbocycles. The average molecular weight is 306 g/mol. The van der Waals surface area contributed by atoms with Gasteiger partial charge in [0.1, 0.15) is 5.82 Å². The number of anilines is 1. The highest BCUT2D eigenvalue weighted by atomic mass is 79.9. The maximum absolute atomic E-state index is 4.55. The Labute approximate surface area is 116 Å². The second kappa shape index (κ2) is 5.96. The van der Waals surface area contributed by atoms with Crippen LogP contribution in [0.25, 0.3) is 11.4 Å². The van der Waals surface area contributed by atoms with Gasteiger partial charge in [0.25, 0.3) is 0 Å². The molecule has 1 aromatic heterocycles. The molecule has 0 bridgehead atoms. The van der Waals surface area contributed by atoms with Gasteiger partial charge in [0.15, 0.2) is 5.82 Å². The summed E-state index contributed by atoms with van der Waals surface area (Å²) in [6.07, 6.45) is 1.08. The van der Waals surface area contributed by atoms with Crippen molar-refractivity contribution in [1.82, 2.24) is 9.97 Å². The molecule has 0 aliphatic rings. The lowest BCUT2D eigenvalue weighted by Crippen LogP contribution is -2.04. The standard InChI is InChI=1S/C14H16BrN3/c1-3-8-16-13-9-10(2)17-14(18-13)11-6-4-5-7-12(11)15/h4-7,9H,3,8H2,1-2H3,(H,16,17,18). The first-order valence-corrected chi connectivity index (χ1v) is 6.84. The molecule has 0 atom stereocenters. The summed E-state index contributed by atoms with van der Waals surface area (Å²) < 4.78 is 1.01. The number of nitrogens with zero attached hydrogens (tertiary/aromatic N) is 2. The van der Waals surface area contributed by atoms with E-state index >= 15 is 0 Å². The number of rotatable bonds is 4. The topological polar surface area (TPSA) is 37.8 Å². The van der Waals surface area contributed by atoms with Crippen molar-refractivity contribution in [1.29, 1.82) is 0 Å². The number of hydrogen-bond acceptors (Lipinski definition) is 3. The molecule has 4 heteroatoms. The molecule has 0 fully saturated rings. The normalized spacial score (nSPS) is 10.4. The third kappa shape index (κ3) is 3.07.